The van der Waals surface area contributed by atoms with Gasteiger partial charge in [-0.15, -0.1) is 5.10 Å². The standard InChI is InChI=1S/C36H51N9O4Si/c1-25(2)30-22-43(28-13-16-41(17-14-28)35(47)49-36(3,4)5)34(46)45(30)31-15-18-44-33(39-31)29(21-38-44)26-9-11-27(12-10-26)32-37-23-42(40-32)24-48-19-20-50(6,7)8/h9-12,15,18,21,23,25,28,30H,13-14,16-17,19-20,22,24H2,1-8H3/t30-/m1/s1. The highest BCUT2D eigenvalue weighted by molar-refractivity contribution is 6.76. The molecule has 50 heavy (non-hydrogen) atoms. The third-order valence-electron chi connectivity index (χ3n) is 9.31. The number of likely N-dealkylation sites (tertiary alicyclic amines) is 1. The molecule has 2 fully saturated rings. The number of nitrogens with zero attached hydrogens (tertiary/aromatic N) is 9. The first-order valence-corrected chi connectivity index (χ1v) is 21.4. The van der Waals surface area contributed by atoms with Crippen molar-refractivity contribution in [2.24, 2.45) is 5.92 Å². The van der Waals surface area contributed by atoms with E-state index in [0.29, 0.717) is 56.5 Å². The molecule has 13 nitrogen and oxygen atoms in total. The van der Waals surface area contributed by atoms with E-state index in [1.807, 2.05) is 73.3 Å². The summed E-state index contributed by atoms with van der Waals surface area (Å²) in [6, 6.07) is 11.0. The number of piperidine rings is 1. The Morgan fingerprint density at radius 1 is 1.04 bits per heavy atom. The van der Waals surface area contributed by atoms with Crippen LogP contribution in [0.4, 0.5) is 15.4 Å². The molecule has 2 aliphatic heterocycles. The number of ether oxygens (including phenoxy) is 2. The number of amides is 3. The van der Waals surface area contributed by atoms with Crippen molar-refractivity contribution in [1.82, 2.24) is 39.2 Å². The highest BCUT2D eigenvalue weighted by atomic mass is 28.3. The molecule has 3 amide bonds. The van der Waals surface area contributed by atoms with Crippen molar-refractivity contribution in [2.75, 3.05) is 31.1 Å². The van der Waals surface area contributed by atoms with Gasteiger partial charge in [0.25, 0.3) is 0 Å². The fourth-order valence-electron chi connectivity index (χ4n) is 6.43. The van der Waals surface area contributed by atoms with Crippen molar-refractivity contribution in [3.8, 4) is 22.5 Å². The van der Waals surface area contributed by atoms with Crippen LogP contribution in [0.15, 0.2) is 49.1 Å². The van der Waals surface area contributed by atoms with Crippen LogP contribution < -0.4 is 4.90 Å². The SMILES string of the molecule is CC(C)[C@H]1CN(C2CCN(C(=O)OC(C)(C)C)CC2)C(=O)N1c1ccn2ncc(-c3ccc(-c4ncn(COCC[Si](C)(C)C)n4)cc3)c2n1. The number of anilines is 1. The van der Waals surface area contributed by atoms with Gasteiger partial charge in [0.1, 0.15) is 24.5 Å². The Kier molecular flexibility index (Phi) is 10.0. The molecule has 5 heterocycles. The minimum Gasteiger partial charge on any atom is -0.444 e. The third kappa shape index (κ3) is 8.01. The largest absolute Gasteiger partial charge is 0.444 e. The van der Waals surface area contributed by atoms with E-state index >= 15 is 0 Å². The Bertz CT molecular complexity index is 1800. The quantitative estimate of drug-likeness (QED) is 0.133. The molecule has 3 aromatic heterocycles. The molecule has 0 aliphatic carbocycles. The van der Waals surface area contributed by atoms with Crippen molar-refractivity contribution < 1.29 is 19.1 Å². The zero-order valence-electron chi connectivity index (χ0n) is 30.7. The number of hydrogen-bond acceptors (Lipinski definition) is 8. The molecule has 268 valence electrons. The number of carbonyl (C=O) groups is 2. The minimum atomic E-state index is -1.14. The van der Waals surface area contributed by atoms with E-state index in [1.54, 1.807) is 20.4 Å². The van der Waals surface area contributed by atoms with Crippen molar-refractivity contribution in [1.29, 1.82) is 0 Å². The fourth-order valence-corrected chi connectivity index (χ4v) is 7.19. The molecule has 2 saturated heterocycles. The Labute approximate surface area is 295 Å². The highest BCUT2D eigenvalue weighted by Gasteiger charge is 2.44. The number of benzene rings is 1. The topological polar surface area (TPSA) is 123 Å². The maximum atomic E-state index is 14.1. The average Bonchev–Trinajstić information content (AvgIpc) is 3.79. The molecule has 0 radical (unpaired) electrons. The van der Waals surface area contributed by atoms with Crippen molar-refractivity contribution in [3.05, 3.63) is 49.1 Å². The van der Waals surface area contributed by atoms with Gasteiger partial charge in [-0.1, -0.05) is 57.8 Å². The van der Waals surface area contributed by atoms with E-state index in [9.17, 15) is 9.59 Å². The van der Waals surface area contributed by atoms with Crippen LogP contribution in [0, 0.1) is 5.92 Å². The summed E-state index contributed by atoms with van der Waals surface area (Å²) < 4.78 is 14.9. The van der Waals surface area contributed by atoms with Crippen molar-refractivity contribution in [2.45, 2.75) is 97.6 Å². The lowest BCUT2D eigenvalue weighted by Crippen LogP contribution is -2.49. The van der Waals surface area contributed by atoms with E-state index in [4.69, 9.17) is 14.5 Å². The maximum absolute atomic E-state index is 14.1. The monoisotopic (exact) mass is 701 g/mol. The van der Waals surface area contributed by atoms with Gasteiger partial charge in [-0.05, 0) is 57.2 Å². The Hall–Kier alpha value is -4.30. The number of urea groups is 1. The fraction of sp³-hybridized carbons (Fsp3) is 0.556. The summed E-state index contributed by atoms with van der Waals surface area (Å²) >= 11 is 0. The number of fused-ring (bicyclic) bond motifs is 1. The van der Waals surface area contributed by atoms with Crippen LogP contribution in [0.3, 0.4) is 0 Å². The van der Waals surface area contributed by atoms with Crippen LogP contribution >= 0.6 is 0 Å². The maximum Gasteiger partial charge on any atom is 0.410 e. The molecule has 0 saturated carbocycles. The summed E-state index contributed by atoms with van der Waals surface area (Å²) in [7, 11) is -1.14. The second kappa shape index (κ2) is 14.1. The summed E-state index contributed by atoms with van der Waals surface area (Å²) in [4.78, 5) is 41.8. The summed E-state index contributed by atoms with van der Waals surface area (Å²) in [5, 5.41) is 9.16. The zero-order chi connectivity index (χ0) is 35.8. The normalized spacial score (nSPS) is 17.8. The first-order chi connectivity index (χ1) is 23.7. The number of rotatable bonds is 10. The molecule has 1 atom stereocenters. The van der Waals surface area contributed by atoms with Crippen molar-refractivity contribution >= 4 is 31.7 Å². The van der Waals surface area contributed by atoms with Gasteiger partial charge in [0.2, 0.25) is 0 Å². The van der Waals surface area contributed by atoms with Crippen LogP contribution in [0.5, 0.6) is 0 Å². The van der Waals surface area contributed by atoms with E-state index in [-0.39, 0.29) is 30.1 Å². The molecule has 0 bridgehead atoms. The Morgan fingerprint density at radius 2 is 1.74 bits per heavy atom. The lowest BCUT2D eigenvalue weighted by atomic mass is 10.0. The van der Waals surface area contributed by atoms with E-state index < -0.39 is 13.7 Å². The van der Waals surface area contributed by atoms with Crippen LogP contribution in [-0.4, -0.2) is 103 Å². The van der Waals surface area contributed by atoms with Crippen LogP contribution in [-0.2, 0) is 16.2 Å². The molecule has 0 unspecified atom stereocenters. The van der Waals surface area contributed by atoms with E-state index in [1.165, 1.54) is 0 Å². The van der Waals surface area contributed by atoms with Crippen LogP contribution in [0.25, 0.3) is 28.2 Å². The molecule has 2 aliphatic rings. The molecule has 0 N–H and O–H groups in total. The van der Waals surface area contributed by atoms with Gasteiger partial charge in [0.15, 0.2) is 11.5 Å². The van der Waals surface area contributed by atoms with Gasteiger partial charge in [-0.25, -0.2) is 28.8 Å². The molecule has 4 aromatic rings. The van der Waals surface area contributed by atoms with Gasteiger partial charge in [-0.3, -0.25) is 4.90 Å². The molecule has 0 spiro atoms. The Balaban J connectivity index is 1.15. The molecule has 14 heteroatoms. The predicted octanol–water partition coefficient (Wildman–Crippen LogP) is 6.63. The second-order valence-corrected chi connectivity index (χ2v) is 21.6. The molecular weight excluding hydrogens is 651 g/mol. The summed E-state index contributed by atoms with van der Waals surface area (Å²) in [5.74, 6) is 1.46. The molecule has 6 rings (SSSR count). The Morgan fingerprint density at radius 3 is 2.40 bits per heavy atom. The van der Waals surface area contributed by atoms with Gasteiger partial charge in [0.05, 0.1) is 12.2 Å². The number of carbonyl (C=O) groups excluding carboxylic acids is 2. The minimum absolute atomic E-state index is 0.0370. The molecule has 1 aromatic carbocycles. The van der Waals surface area contributed by atoms with Gasteiger partial charge >= 0.3 is 12.1 Å². The summed E-state index contributed by atoms with van der Waals surface area (Å²) in [6.45, 7) is 19.8. The molecular formula is C36H51N9O4Si. The highest BCUT2D eigenvalue weighted by Crippen LogP contribution is 2.33. The van der Waals surface area contributed by atoms with Gasteiger partial charge < -0.3 is 19.3 Å². The van der Waals surface area contributed by atoms with Crippen molar-refractivity contribution in [3.63, 3.8) is 0 Å². The lowest BCUT2D eigenvalue weighted by molar-refractivity contribution is 0.0169. The smallest absolute Gasteiger partial charge is 0.410 e. The lowest BCUT2D eigenvalue weighted by Gasteiger charge is -2.37. The summed E-state index contributed by atoms with van der Waals surface area (Å²) in [5.41, 5.74) is 2.86. The number of aromatic nitrogens is 6. The van der Waals surface area contributed by atoms with Gasteiger partial charge in [0, 0.05) is 57.7 Å². The number of hydrogen-bond donors (Lipinski definition) is 0. The zero-order valence-corrected chi connectivity index (χ0v) is 31.7. The average molecular weight is 702 g/mol. The first-order valence-electron chi connectivity index (χ1n) is 17.7. The van der Waals surface area contributed by atoms with Gasteiger partial charge in [-0.2, -0.15) is 5.10 Å². The van der Waals surface area contributed by atoms with Crippen LogP contribution in [0.2, 0.25) is 25.7 Å². The summed E-state index contributed by atoms with van der Waals surface area (Å²) in [6.07, 6.45) is 6.50. The van der Waals surface area contributed by atoms with E-state index in [2.05, 4.69) is 48.7 Å². The predicted molar refractivity (Wildman–Crippen MR) is 196 cm³/mol. The first kappa shape index (κ1) is 35.5. The third-order valence-corrected chi connectivity index (χ3v) is 11.0. The van der Waals surface area contributed by atoms with Crippen LogP contribution in [0.1, 0.15) is 47.5 Å². The van der Waals surface area contributed by atoms with E-state index in [0.717, 1.165) is 29.3 Å². The second-order valence-electron chi connectivity index (χ2n) is 16.0.